The zero-order valence-electron chi connectivity index (χ0n) is 14.4. The van der Waals surface area contributed by atoms with Gasteiger partial charge in [0.1, 0.15) is 0 Å². The Kier molecular flexibility index (Phi) is 5.60. The predicted octanol–water partition coefficient (Wildman–Crippen LogP) is 2.04. The van der Waals surface area contributed by atoms with Gasteiger partial charge in [-0.25, -0.2) is 0 Å². The molecule has 0 amide bonds. The summed E-state index contributed by atoms with van der Waals surface area (Å²) in [4.78, 5) is 9.11. The minimum Gasteiger partial charge on any atom is -0.387 e. The van der Waals surface area contributed by atoms with Gasteiger partial charge in [0.25, 0.3) is 0 Å². The predicted molar refractivity (Wildman–Crippen MR) is 91.5 cm³/mol. The molecule has 1 saturated heterocycles. The van der Waals surface area contributed by atoms with E-state index < -0.39 is 6.10 Å². The van der Waals surface area contributed by atoms with Crippen LogP contribution in [0.25, 0.3) is 0 Å². The van der Waals surface area contributed by atoms with Crippen molar-refractivity contribution in [1.82, 2.24) is 19.9 Å². The van der Waals surface area contributed by atoms with Crippen molar-refractivity contribution in [1.29, 1.82) is 0 Å². The summed E-state index contributed by atoms with van der Waals surface area (Å²) >= 11 is 0. The molecule has 2 atom stereocenters. The lowest BCUT2D eigenvalue weighted by molar-refractivity contribution is 0.0525. The van der Waals surface area contributed by atoms with E-state index in [1.807, 2.05) is 37.3 Å². The van der Waals surface area contributed by atoms with Gasteiger partial charge in [-0.2, -0.15) is 4.98 Å². The van der Waals surface area contributed by atoms with E-state index in [-0.39, 0.29) is 6.04 Å². The molecule has 0 saturated carbocycles. The van der Waals surface area contributed by atoms with Crippen molar-refractivity contribution in [2.24, 2.45) is 0 Å². The van der Waals surface area contributed by atoms with Crippen LogP contribution in [0.1, 0.15) is 43.3 Å². The maximum Gasteiger partial charge on any atom is 0.243 e. The summed E-state index contributed by atoms with van der Waals surface area (Å²) in [7, 11) is 0. The molecule has 1 aliphatic heterocycles. The summed E-state index contributed by atoms with van der Waals surface area (Å²) in [6.07, 6.45) is 0.361. The molecule has 6 heteroatoms. The topological polar surface area (TPSA) is 65.6 Å². The molecule has 2 aromatic rings. The standard InChI is InChI=1S/C18H26N4O2/c1-3-17-19-18(24-20-17)14(2)22-11-9-21(10-12-22)13-16(23)15-7-5-4-6-8-15/h4-8,14,16,23H,3,9-13H2,1-2H3/t14-,16-/m0/s1. The Balaban J connectivity index is 1.50. The first-order chi connectivity index (χ1) is 11.7. The van der Waals surface area contributed by atoms with Gasteiger partial charge in [0.2, 0.25) is 5.89 Å². The quantitative estimate of drug-likeness (QED) is 0.874. The highest BCUT2D eigenvalue weighted by Crippen LogP contribution is 2.21. The van der Waals surface area contributed by atoms with Crippen molar-refractivity contribution in [3.05, 3.63) is 47.6 Å². The lowest BCUT2D eigenvalue weighted by Gasteiger charge is -2.37. The fourth-order valence-electron chi connectivity index (χ4n) is 3.10. The molecule has 1 aromatic carbocycles. The summed E-state index contributed by atoms with van der Waals surface area (Å²) < 4.78 is 5.36. The van der Waals surface area contributed by atoms with Gasteiger partial charge >= 0.3 is 0 Å². The molecule has 1 aromatic heterocycles. The highest BCUT2D eigenvalue weighted by molar-refractivity contribution is 5.17. The molecule has 3 rings (SSSR count). The van der Waals surface area contributed by atoms with Crippen molar-refractivity contribution >= 4 is 0 Å². The number of rotatable bonds is 6. The van der Waals surface area contributed by atoms with Crippen LogP contribution in [0.4, 0.5) is 0 Å². The summed E-state index contributed by atoms with van der Waals surface area (Å²) in [5.41, 5.74) is 0.978. The molecule has 0 aliphatic carbocycles. The van der Waals surface area contributed by atoms with Crippen molar-refractivity contribution < 1.29 is 9.63 Å². The first kappa shape index (κ1) is 17.1. The first-order valence-electron chi connectivity index (χ1n) is 8.69. The van der Waals surface area contributed by atoms with Crippen LogP contribution in [0.15, 0.2) is 34.9 Å². The van der Waals surface area contributed by atoms with Gasteiger partial charge in [0.15, 0.2) is 5.82 Å². The molecule has 0 radical (unpaired) electrons. The Morgan fingerprint density at radius 2 is 1.88 bits per heavy atom. The van der Waals surface area contributed by atoms with Gasteiger partial charge in [0.05, 0.1) is 12.1 Å². The average Bonchev–Trinajstić information content (AvgIpc) is 3.11. The van der Waals surface area contributed by atoms with Gasteiger partial charge in [-0.15, -0.1) is 0 Å². The van der Waals surface area contributed by atoms with Crippen LogP contribution in [0.5, 0.6) is 0 Å². The molecular weight excluding hydrogens is 304 g/mol. The molecule has 0 unspecified atom stereocenters. The molecule has 1 fully saturated rings. The van der Waals surface area contributed by atoms with E-state index in [1.54, 1.807) is 0 Å². The summed E-state index contributed by atoms with van der Waals surface area (Å²) in [6.45, 7) is 8.55. The summed E-state index contributed by atoms with van der Waals surface area (Å²) in [5, 5.41) is 14.3. The first-order valence-corrected chi connectivity index (χ1v) is 8.69. The van der Waals surface area contributed by atoms with Crippen LogP contribution in [0.3, 0.4) is 0 Å². The van der Waals surface area contributed by atoms with Crippen LogP contribution in [-0.4, -0.2) is 57.8 Å². The number of aromatic nitrogens is 2. The van der Waals surface area contributed by atoms with Crippen LogP contribution >= 0.6 is 0 Å². The smallest absolute Gasteiger partial charge is 0.243 e. The number of aliphatic hydroxyl groups excluding tert-OH is 1. The Labute approximate surface area is 143 Å². The number of β-amino-alcohol motifs (C(OH)–C–C–N with tert-alkyl or cyclic N) is 1. The van der Waals surface area contributed by atoms with E-state index in [4.69, 9.17) is 4.52 Å². The fraction of sp³-hybridized carbons (Fsp3) is 0.556. The lowest BCUT2D eigenvalue weighted by Crippen LogP contribution is -2.48. The number of piperazine rings is 1. The third-order valence-electron chi connectivity index (χ3n) is 4.73. The minimum atomic E-state index is -0.432. The van der Waals surface area contributed by atoms with Gasteiger partial charge in [-0.05, 0) is 12.5 Å². The Hall–Kier alpha value is -1.76. The van der Waals surface area contributed by atoms with Crippen molar-refractivity contribution in [3.8, 4) is 0 Å². The molecule has 130 valence electrons. The van der Waals surface area contributed by atoms with E-state index in [0.29, 0.717) is 12.4 Å². The third kappa shape index (κ3) is 4.01. The van der Waals surface area contributed by atoms with Crippen LogP contribution < -0.4 is 0 Å². The molecule has 24 heavy (non-hydrogen) atoms. The number of aliphatic hydroxyl groups is 1. The van der Waals surface area contributed by atoms with Crippen molar-refractivity contribution in [2.45, 2.75) is 32.4 Å². The second kappa shape index (κ2) is 7.88. The second-order valence-corrected chi connectivity index (χ2v) is 6.34. The van der Waals surface area contributed by atoms with E-state index in [0.717, 1.165) is 44.0 Å². The Morgan fingerprint density at radius 3 is 2.50 bits per heavy atom. The molecule has 1 N–H and O–H groups in total. The highest BCUT2D eigenvalue weighted by atomic mass is 16.5. The Bertz CT molecular complexity index is 623. The van der Waals surface area contributed by atoms with E-state index in [9.17, 15) is 5.11 Å². The van der Waals surface area contributed by atoms with E-state index in [2.05, 4.69) is 26.9 Å². The monoisotopic (exact) mass is 330 g/mol. The zero-order chi connectivity index (χ0) is 16.9. The van der Waals surface area contributed by atoms with E-state index >= 15 is 0 Å². The normalized spacial score (nSPS) is 19.3. The molecule has 0 bridgehead atoms. The van der Waals surface area contributed by atoms with Gasteiger partial charge < -0.3 is 9.63 Å². The fourth-order valence-corrected chi connectivity index (χ4v) is 3.10. The Morgan fingerprint density at radius 1 is 1.17 bits per heavy atom. The van der Waals surface area contributed by atoms with Crippen LogP contribution in [-0.2, 0) is 6.42 Å². The largest absolute Gasteiger partial charge is 0.387 e. The maximum absolute atomic E-state index is 10.4. The van der Waals surface area contributed by atoms with Crippen molar-refractivity contribution in [2.75, 3.05) is 32.7 Å². The van der Waals surface area contributed by atoms with Gasteiger partial charge in [-0.3, -0.25) is 9.80 Å². The lowest BCUT2D eigenvalue weighted by atomic mass is 10.1. The third-order valence-corrected chi connectivity index (χ3v) is 4.73. The number of hydrogen-bond acceptors (Lipinski definition) is 6. The second-order valence-electron chi connectivity index (χ2n) is 6.34. The number of aryl methyl sites for hydroxylation is 1. The summed E-state index contributed by atoms with van der Waals surface area (Å²) in [6, 6.07) is 9.99. The van der Waals surface area contributed by atoms with Gasteiger partial charge in [0, 0.05) is 39.1 Å². The van der Waals surface area contributed by atoms with Crippen LogP contribution in [0.2, 0.25) is 0 Å². The minimum absolute atomic E-state index is 0.138. The zero-order valence-corrected chi connectivity index (χ0v) is 14.4. The SMILES string of the molecule is CCc1noc([C@H](C)N2CCN(C[C@H](O)c3ccccc3)CC2)n1. The highest BCUT2D eigenvalue weighted by Gasteiger charge is 2.26. The molecule has 2 heterocycles. The molecule has 0 spiro atoms. The summed E-state index contributed by atoms with van der Waals surface area (Å²) in [5.74, 6) is 1.46. The van der Waals surface area contributed by atoms with Crippen molar-refractivity contribution in [3.63, 3.8) is 0 Å². The van der Waals surface area contributed by atoms with Crippen LogP contribution in [0, 0.1) is 0 Å². The number of nitrogens with zero attached hydrogens (tertiary/aromatic N) is 4. The number of hydrogen-bond donors (Lipinski definition) is 1. The molecule has 1 aliphatic rings. The number of benzene rings is 1. The van der Waals surface area contributed by atoms with Gasteiger partial charge in [-0.1, -0.05) is 42.4 Å². The average molecular weight is 330 g/mol. The molecule has 6 nitrogen and oxygen atoms in total. The molecular formula is C18H26N4O2. The van der Waals surface area contributed by atoms with E-state index in [1.165, 1.54) is 0 Å². The maximum atomic E-state index is 10.4.